The predicted octanol–water partition coefficient (Wildman–Crippen LogP) is 15.4. The Morgan fingerprint density at radius 1 is 0.615 bits per heavy atom. The summed E-state index contributed by atoms with van der Waals surface area (Å²) in [5.41, 5.74) is -8.29. The summed E-state index contributed by atoms with van der Waals surface area (Å²) in [5.74, 6) is -6.32. The molecule has 502 valence electrons. The number of ketones is 1. The lowest BCUT2D eigenvalue weighted by Crippen LogP contribution is -2.81. The molecule has 2 bridgehead atoms. The van der Waals surface area contributed by atoms with E-state index in [4.69, 9.17) is 28.4 Å². The van der Waals surface area contributed by atoms with Crippen molar-refractivity contribution in [2.45, 2.75) is 252 Å². The molecule has 1 amide bonds. The number of carbonyl (C=O) groups is 6. The Bertz CT molecular complexity index is 2790. The molecule has 3 N–H and O–H groups in total. The second-order valence-corrected chi connectivity index (χ2v) is 25.9. The molecule has 4 aliphatic rings. The van der Waals surface area contributed by atoms with Crippen molar-refractivity contribution in [3.8, 4) is 0 Å². The molecular formula is C76H109NO14. The van der Waals surface area contributed by atoms with Gasteiger partial charge in [0.15, 0.2) is 11.9 Å². The van der Waals surface area contributed by atoms with E-state index in [2.05, 4.69) is 129 Å². The Labute approximate surface area is 544 Å². The molecule has 15 nitrogen and oxygen atoms in total. The Balaban J connectivity index is 1.60. The van der Waals surface area contributed by atoms with E-state index in [1.165, 1.54) is 6.92 Å². The average molecular weight is 1260 g/mol. The number of nitrogens with one attached hydrogen (secondary N) is 1. The van der Waals surface area contributed by atoms with Crippen LogP contribution >= 0.6 is 0 Å². The molecule has 1 heterocycles. The summed E-state index contributed by atoms with van der Waals surface area (Å²) >= 11 is 0. The van der Waals surface area contributed by atoms with Crippen LogP contribution in [-0.2, 0) is 52.4 Å². The van der Waals surface area contributed by atoms with E-state index < -0.39 is 118 Å². The molecule has 1 aliphatic heterocycles. The minimum absolute atomic E-state index is 0.0671. The molecule has 11 atom stereocenters. The Kier molecular flexibility index (Phi) is 32.4. The van der Waals surface area contributed by atoms with Crippen molar-refractivity contribution in [2.75, 3.05) is 6.61 Å². The molecule has 0 spiro atoms. The van der Waals surface area contributed by atoms with Gasteiger partial charge in [0.1, 0.15) is 35.1 Å². The molecule has 2 saturated carbocycles. The van der Waals surface area contributed by atoms with Crippen molar-refractivity contribution in [2.24, 2.45) is 22.7 Å². The van der Waals surface area contributed by atoms with E-state index in [1.807, 2.05) is 36.5 Å². The number of ether oxygens (including phenoxy) is 6. The molecule has 1 saturated heterocycles. The molecule has 0 aromatic carbocycles. The van der Waals surface area contributed by atoms with Gasteiger partial charge in [-0.1, -0.05) is 174 Å². The molecule has 15 heteroatoms. The summed E-state index contributed by atoms with van der Waals surface area (Å²) in [7, 11) is 0. The van der Waals surface area contributed by atoms with Crippen LogP contribution in [0.2, 0.25) is 0 Å². The van der Waals surface area contributed by atoms with Crippen LogP contribution in [0.3, 0.4) is 0 Å². The van der Waals surface area contributed by atoms with Crippen molar-refractivity contribution in [1.29, 1.82) is 0 Å². The van der Waals surface area contributed by atoms with Crippen molar-refractivity contribution in [1.82, 2.24) is 5.32 Å². The van der Waals surface area contributed by atoms with Gasteiger partial charge in [-0.15, -0.1) is 0 Å². The van der Waals surface area contributed by atoms with Gasteiger partial charge >= 0.3 is 30.0 Å². The monoisotopic (exact) mass is 1260 g/mol. The quantitative estimate of drug-likeness (QED) is 0.0306. The Morgan fingerprint density at radius 2 is 1.02 bits per heavy atom. The van der Waals surface area contributed by atoms with Crippen LogP contribution < -0.4 is 5.32 Å². The number of Topliss-reactive ketones (excluding diaryl/α,β-unsaturated/α-hetero) is 1. The van der Waals surface area contributed by atoms with Crippen LogP contribution in [0, 0.1) is 22.7 Å². The average Bonchev–Trinajstić information content (AvgIpc) is 0.674. The fourth-order valence-electron chi connectivity index (χ4n) is 12.2. The minimum Gasteiger partial charge on any atom is -0.461 e. The smallest absolute Gasteiger partial charge is 0.407 e. The van der Waals surface area contributed by atoms with Gasteiger partial charge in [0.05, 0.1) is 24.0 Å². The maximum absolute atomic E-state index is 16.3. The van der Waals surface area contributed by atoms with E-state index >= 15 is 4.79 Å². The number of carbonyl (C=O) groups excluding carboxylic acids is 6. The number of esters is 4. The number of aliphatic hydroxyl groups is 2. The summed E-state index contributed by atoms with van der Waals surface area (Å²) in [4.78, 5) is 85.3. The molecule has 0 aromatic rings. The van der Waals surface area contributed by atoms with Crippen molar-refractivity contribution >= 4 is 35.8 Å². The summed E-state index contributed by atoms with van der Waals surface area (Å²) in [6.45, 7) is 19.8. The van der Waals surface area contributed by atoms with Crippen LogP contribution in [0.5, 0.6) is 0 Å². The van der Waals surface area contributed by atoms with E-state index in [0.29, 0.717) is 24.8 Å². The Hall–Kier alpha value is -6.68. The van der Waals surface area contributed by atoms with Gasteiger partial charge in [-0.25, -0.2) is 4.79 Å². The first-order valence-electron chi connectivity index (χ1n) is 33.2. The number of hydrogen-bond donors (Lipinski definition) is 3. The summed E-state index contributed by atoms with van der Waals surface area (Å²) in [5, 5.41) is 29.4. The highest BCUT2D eigenvalue weighted by molar-refractivity contribution is 5.95. The molecule has 3 aliphatic carbocycles. The zero-order valence-corrected chi connectivity index (χ0v) is 56.7. The van der Waals surface area contributed by atoms with Crippen LogP contribution in [0.15, 0.2) is 157 Å². The summed E-state index contributed by atoms with van der Waals surface area (Å²) < 4.78 is 36.6. The van der Waals surface area contributed by atoms with Crippen LogP contribution in [-0.4, -0.2) is 106 Å². The van der Waals surface area contributed by atoms with Gasteiger partial charge in [0.2, 0.25) is 0 Å². The second-order valence-electron chi connectivity index (χ2n) is 25.9. The van der Waals surface area contributed by atoms with Crippen molar-refractivity contribution in [3.05, 3.63) is 157 Å². The van der Waals surface area contributed by atoms with Gasteiger partial charge in [-0.05, 0) is 150 Å². The van der Waals surface area contributed by atoms with Crippen molar-refractivity contribution in [3.63, 3.8) is 0 Å². The largest absolute Gasteiger partial charge is 0.461 e. The Morgan fingerprint density at radius 3 is 1.41 bits per heavy atom. The van der Waals surface area contributed by atoms with Crippen LogP contribution in [0.1, 0.15) is 199 Å². The molecule has 91 heavy (non-hydrogen) atoms. The highest BCUT2D eigenvalue weighted by Crippen LogP contribution is 2.64. The lowest BCUT2D eigenvalue weighted by molar-refractivity contribution is -0.345. The molecule has 3 fully saturated rings. The number of alkyl carbamates (subject to hydrolysis) is 1. The van der Waals surface area contributed by atoms with E-state index in [1.54, 1.807) is 55.4 Å². The predicted molar refractivity (Wildman–Crippen MR) is 360 cm³/mol. The van der Waals surface area contributed by atoms with Crippen LogP contribution in [0.4, 0.5) is 4.79 Å². The maximum atomic E-state index is 16.3. The minimum atomic E-state index is -2.29. The molecule has 0 aromatic heterocycles. The normalized spacial score (nSPS) is 26.9. The van der Waals surface area contributed by atoms with Crippen molar-refractivity contribution < 1.29 is 67.4 Å². The maximum Gasteiger partial charge on any atom is 0.407 e. The van der Waals surface area contributed by atoms with Crippen LogP contribution in [0.25, 0.3) is 0 Å². The van der Waals surface area contributed by atoms with Gasteiger partial charge in [0, 0.05) is 50.0 Å². The third-order valence-corrected chi connectivity index (χ3v) is 17.5. The number of fused-ring (bicyclic) bond motifs is 5. The molecule has 4 rings (SSSR count). The fraction of sp³-hybridized carbons (Fsp3) is 0.579. The first-order chi connectivity index (χ1) is 43.3. The summed E-state index contributed by atoms with van der Waals surface area (Å²) in [6.07, 6.45) is 52.5. The third-order valence-electron chi connectivity index (χ3n) is 17.5. The molecule has 0 radical (unpaired) electrons. The first kappa shape index (κ1) is 76.8. The number of allylic oxidation sites excluding steroid dienone is 24. The number of rotatable bonds is 35. The number of hydrogen-bond acceptors (Lipinski definition) is 14. The second kappa shape index (κ2) is 38.4. The standard InChI is InChI=1S/C76H109NO14/c1-13-15-17-19-21-23-25-27-29-31-33-35-37-39-41-43-45-47-49-51-63(79)89-61-53-62-75(84,55-86-62)67-69(87-59(6)78)76(85)54-60(88-70(82)56(3)58(5)77-71(83)91-72(7,8)9)57(4)65(73(76,10)11)66(68(81)74(61,67)12)90-64(80)52-50-48-46-44-42-40-38-36-34-32-30-28-26-24-22-20-18-16-14-2/h15-18,21-24,27-30,33-36,39-42,45-48,56,58,60-62,66-67,69,84-85H,13-14,19-20,25-26,31-32,37-38,43-44,49-55H2,1-12H3,(H,77,83)/b17-15-,18-16-,23-21-,24-22-,29-27-,30-28-,35-33-,36-34-,41-39-,42-40-,47-45-,48-46-/t56-,58+,60+,61+,62-,66-,67+,69+,74-,75+,76-/m1/s1. The molecular weight excluding hydrogens is 1150 g/mol. The SMILES string of the molecule is CC/C=C\C/C=C\C/C=C\C/C=C\C/C=C\C/C=C\CCC(=O)O[C@H]1C(=O)[C@]2(C)[C@@H](OC(=O)CC/C=C\C/C=C\C/C=C\C/C=C\C/C=C\C/C=C\CC)C[C@H]3OC[C@@]3(O)[C@H]2[C@H](OC(C)=O)[C@]2(O)C[C@H](OC(=O)[C@H](C)[C@H](C)NC(=O)OC(C)(C)C)C(C)=C1C2(C)C. The lowest BCUT2D eigenvalue weighted by atomic mass is 9.44. The number of amides is 1. The van der Waals surface area contributed by atoms with E-state index in [0.717, 1.165) is 71.1 Å². The zero-order chi connectivity index (χ0) is 67.1. The highest BCUT2D eigenvalue weighted by atomic mass is 16.6. The van der Waals surface area contributed by atoms with Gasteiger partial charge in [0.25, 0.3) is 0 Å². The van der Waals surface area contributed by atoms with E-state index in [-0.39, 0.29) is 37.9 Å². The highest BCUT2D eigenvalue weighted by Gasteiger charge is 2.77. The third kappa shape index (κ3) is 23.1. The van der Waals surface area contributed by atoms with Gasteiger partial charge < -0.3 is 44.0 Å². The first-order valence-corrected chi connectivity index (χ1v) is 33.2. The summed E-state index contributed by atoms with van der Waals surface area (Å²) in [6, 6.07) is -0.799. The van der Waals surface area contributed by atoms with E-state index in [9.17, 15) is 34.2 Å². The topological polar surface area (TPSA) is 210 Å². The zero-order valence-electron chi connectivity index (χ0n) is 56.7. The van der Waals surface area contributed by atoms with Gasteiger partial charge in [-0.2, -0.15) is 0 Å². The molecule has 0 unspecified atom stereocenters. The lowest BCUT2D eigenvalue weighted by Gasteiger charge is -2.67. The fourth-order valence-corrected chi connectivity index (χ4v) is 12.2. The van der Waals surface area contributed by atoms with Gasteiger partial charge in [-0.3, -0.25) is 24.0 Å².